The van der Waals surface area contributed by atoms with Crippen LogP contribution in [0.5, 0.6) is 0 Å². The predicted molar refractivity (Wildman–Crippen MR) is 315 cm³/mol. The van der Waals surface area contributed by atoms with Crippen molar-refractivity contribution in [2.75, 3.05) is 13.2 Å². The summed E-state index contributed by atoms with van der Waals surface area (Å²) in [5.74, 6) is -1.16. The van der Waals surface area contributed by atoms with E-state index in [1.807, 2.05) is 24.3 Å². The Kier molecular flexibility index (Phi) is 54.6. The van der Waals surface area contributed by atoms with Crippen LogP contribution in [0.15, 0.2) is 182 Å². The van der Waals surface area contributed by atoms with Gasteiger partial charge in [-0.2, -0.15) is 0 Å². The molecule has 6 nitrogen and oxygen atoms in total. The lowest BCUT2D eigenvalue weighted by Crippen LogP contribution is -2.30. The monoisotopic (exact) mass is 1000 g/mol. The first-order chi connectivity index (χ1) is 36.0. The first-order valence-electron chi connectivity index (χ1n) is 28.3. The van der Waals surface area contributed by atoms with Gasteiger partial charge in [-0.3, -0.25) is 14.4 Å². The van der Waals surface area contributed by atoms with Gasteiger partial charge in [-0.05, 0) is 135 Å². The molecule has 0 aliphatic rings. The summed E-state index contributed by atoms with van der Waals surface area (Å²) in [6.07, 6.45) is 89.0. The van der Waals surface area contributed by atoms with Gasteiger partial charge in [0.2, 0.25) is 0 Å². The average Bonchev–Trinajstić information content (AvgIpc) is 3.39. The minimum atomic E-state index is -0.863. The molecule has 0 heterocycles. The lowest BCUT2D eigenvalue weighted by atomic mass is 10.1. The molecule has 0 saturated heterocycles. The van der Waals surface area contributed by atoms with Crippen molar-refractivity contribution in [3.63, 3.8) is 0 Å². The Morgan fingerprint density at radius 1 is 0.288 bits per heavy atom. The standard InChI is InChI=1S/C67H100O6/c1-4-7-10-13-16-19-22-25-28-31-33-36-38-41-44-47-50-53-56-59-65(68)71-62-64(73-67(70)61-58-55-52-49-46-43-40-35-30-27-24-21-18-15-12-9-6-3)63-72-66(69)60-57-54-51-48-45-42-39-37-34-32-29-26-23-20-17-14-11-8-5-2/h7-8,10-11,16-21,25-30,33-34,36-37,40-45,50-51,53-54,64H,4-6,9,12-15,22-24,31-32,35,38-39,46-49,52,55-63H2,1-3H3/b10-7-,11-8-,19-16-,20-17-,21-18-,28-25-,29-26-,30-27-,36-33-,37-34-,43-40-,44-41-,45-42-,53-50-,54-51-. The lowest BCUT2D eigenvalue weighted by Gasteiger charge is -2.18. The van der Waals surface area contributed by atoms with Crippen LogP contribution in [0.3, 0.4) is 0 Å². The maximum absolute atomic E-state index is 12.9. The molecular formula is C67H100O6. The smallest absolute Gasteiger partial charge is 0.306 e. The van der Waals surface area contributed by atoms with Crippen molar-refractivity contribution in [2.24, 2.45) is 0 Å². The summed E-state index contributed by atoms with van der Waals surface area (Å²) in [6, 6.07) is 0. The molecule has 0 spiro atoms. The van der Waals surface area contributed by atoms with Crippen molar-refractivity contribution in [1.82, 2.24) is 0 Å². The number of hydrogen-bond donors (Lipinski definition) is 0. The van der Waals surface area contributed by atoms with E-state index in [1.54, 1.807) is 0 Å². The quantitative estimate of drug-likeness (QED) is 0.0262. The minimum absolute atomic E-state index is 0.161. The predicted octanol–water partition coefficient (Wildman–Crippen LogP) is 19.3. The van der Waals surface area contributed by atoms with Crippen LogP contribution < -0.4 is 0 Å². The molecule has 6 heteroatoms. The van der Waals surface area contributed by atoms with E-state index in [0.29, 0.717) is 19.3 Å². The topological polar surface area (TPSA) is 78.9 Å². The van der Waals surface area contributed by atoms with Crippen molar-refractivity contribution in [1.29, 1.82) is 0 Å². The minimum Gasteiger partial charge on any atom is -0.462 e. The third-order valence-corrected chi connectivity index (χ3v) is 10.9. The highest BCUT2D eigenvalue weighted by molar-refractivity contribution is 5.71. The molecule has 0 aromatic heterocycles. The molecule has 0 amide bonds. The van der Waals surface area contributed by atoms with E-state index in [-0.39, 0.29) is 50.4 Å². The molecule has 73 heavy (non-hydrogen) atoms. The molecular weight excluding hydrogens is 901 g/mol. The molecule has 0 bridgehead atoms. The molecule has 404 valence electrons. The number of hydrogen-bond acceptors (Lipinski definition) is 6. The number of carbonyl (C=O) groups excluding carboxylic acids is 3. The second-order valence-corrected chi connectivity index (χ2v) is 17.7. The third-order valence-electron chi connectivity index (χ3n) is 10.9. The van der Waals surface area contributed by atoms with Gasteiger partial charge in [0.05, 0.1) is 0 Å². The van der Waals surface area contributed by atoms with Crippen LogP contribution in [0.1, 0.15) is 201 Å². The van der Waals surface area contributed by atoms with Crippen molar-refractivity contribution < 1.29 is 28.6 Å². The second kappa shape index (κ2) is 59.1. The molecule has 0 saturated carbocycles. The Hall–Kier alpha value is -5.49. The number of unbranched alkanes of at least 4 members (excludes halogenated alkanes) is 7. The van der Waals surface area contributed by atoms with Crippen molar-refractivity contribution >= 4 is 17.9 Å². The van der Waals surface area contributed by atoms with Gasteiger partial charge in [0.1, 0.15) is 13.2 Å². The van der Waals surface area contributed by atoms with Gasteiger partial charge < -0.3 is 14.2 Å². The van der Waals surface area contributed by atoms with Crippen molar-refractivity contribution in [3.8, 4) is 0 Å². The molecule has 0 aromatic carbocycles. The van der Waals surface area contributed by atoms with E-state index in [1.165, 1.54) is 25.7 Å². The Morgan fingerprint density at radius 2 is 0.562 bits per heavy atom. The van der Waals surface area contributed by atoms with Crippen LogP contribution in [0.4, 0.5) is 0 Å². The molecule has 0 aliphatic carbocycles. The summed E-state index contributed by atoms with van der Waals surface area (Å²) in [6.45, 7) is 6.21. The van der Waals surface area contributed by atoms with Crippen LogP contribution in [0.25, 0.3) is 0 Å². The fourth-order valence-electron chi connectivity index (χ4n) is 6.73. The molecule has 0 aromatic rings. The molecule has 0 rings (SSSR count). The first-order valence-corrected chi connectivity index (χ1v) is 28.3. The van der Waals surface area contributed by atoms with Gasteiger partial charge >= 0.3 is 17.9 Å². The molecule has 0 atom stereocenters. The highest BCUT2D eigenvalue weighted by Gasteiger charge is 2.19. The molecule has 0 unspecified atom stereocenters. The summed E-state index contributed by atoms with van der Waals surface area (Å²) >= 11 is 0. The van der Waals surface area contributed by atoms with Crippen LogP contribution in [-0.4, -0.2) is 37.2 Å². The maximum Gasteiger partial charge on any atom is 0.306 e. The summed E-state index contributed by atoms with van der Waals surface area (Å²) in [4.78, 5) is 38.1. The van der Waals surface area contributed by atoms with Gasteiger partial charge in [-0.15, -0.1) is 0 Å². The normalized spacial score (nSPS) is 13.2. The van der Waals surface area contributed by atoms with E-state index in [4.69, 9.17) is 14.2 Å². The van der Waals surface area contributed by atoms with Crippen LogP contribution in [-0.2, 0) is 28.6 Å². The number of rotatable bonds is 48. The Labute approximate surface area is 446 Å². The molecule has 0 radical (unpaired) electrons. The van der Waals surface area contributed by atoms with Crippen LogP contribution in [0.2, 0.25) is 0 Å². The average molecular weight is 1000 g/mol. The highest BCUT2D eigenvalue weighted by atomic mass is 16.6. The van der Waals surface area contributed by atoms with E-state index in [9.17, 15) is 14.4 Å². The lowest BCUT2D eigenvalue weighted by molar-refractivity contribution is -0.166. The molecule has 0 fully saturated rings. The Bertz CT molecular complexity index is 1670. The number of carbonyl (C=O) groups is 3. The summed E-state index contributed by atoms with van der Waals surface area (Å²) < 4.78 is 16.7. The number of allylic oxidation sites excluding steroid dienone is 30. The highest BCUT2D eigenvalue weighted by Crippen LogP contribution is 2.10. The first kappa shape index (κ1) is 67.5. The number of ether oxygens (including phenoxy) is 3. The summed E-state index contributed by atoms with van der Waals surface area (Å²) in [7, 11) is 0. The zero-order chi connectivity index (χ0) is 52.9. The van der Waals surface area contributed by atoms with E-state index < -0.39 is 6.10 Å². The SMILES string of the molecule is CC/C=C\C/C=C\C/C=C\C/C=C\C/C=C\C/C=C\CCC(=O)OCC(COC(=O)CC/C=C\C/C=C\C/C=C\C/C=C\C/C=C\C/C=C\CC)OC(=O)CCCCCC/C=C\C/C=C\C/C=C\CCCCC. The summed E-state index contributed by atoms with van der Waals surface area (Å²) in [5, 5.41) is 0. The Morgan fingerprint density at radius 3 is 0.877 bits per heavy atom. The fourth-order valence-corrected chi connectivity index (χ4v) is 6.73. The molecule has 0 N–H and O–H groups in total. The van der Waals surface area contributed by atoms with Gasteiger partial charge in [-0.1, -0.05) is 229 Å². The maximum atomic E-state index is 12.9. The van der Waals surface area contributed by atoms with E-state index in [0.717, 1.165) is 116 Å². The van der Waals surface area contributed by atoms with Gasteiger partial charge in [0.25, 0.3) is 0 Å². The van der Waals surface area contributed by atoms with Gasteiger partial charge in [-0.25, -0.2) is 0 Å². The van der Waals surface area contributed by atoms with E-state index in [2.05, 4.69) is 179 Å². The van der Waals surface area contributed by atoms with Gasteiger partial charge in [0.15, 0.2) is 6.10 Å². The number of esters is 3. The zero-order valence-corrected chi connectivity index (χ0v) is 46.1. The summed E-state index contributed by atoms with van der Waals surface area (Å²) in [5.41, 5.74) is 0. The fraction of sp³-hybridized carbons (Fsp3) is 0.507. The van der Waals surface area contributed by atoms with Gasteiger partial charge in [0, 0.05) is 19.3 Å². The molecule has 0 aliphatic heterocycles. The zero-order valence-electron chi connectivity index (χ0n) is 46.1. The Balaban J connectivity index is 4.70. The second-order valence-electron chi connectivity index (χ2n) is 17.7. The van der Waals surface area contributed by atoms with Crippen molar-refractivity contribution in [3.05, 3.63) is 182 Å². The van der Waals surface area contributed by atoms with Crippen molar-refractivity contribution in [2.45, 2.75) is 207 Å². The van der Waals surface area contributed by atoms with Crippen LogP contribution >= 0.6 is 0 Å². The van der Waals surface area contributed by atoms with E-state index >= 15 is 0 Å². The largest absolute Gasteiger partial charge is 0.462 e. The third kappa shape index (κ3) is 57.3. The van der Waals surface area contributed by atoms with Crippen LogP contribution in [0, 0.1) is 0 Å².